The van der Waals surface area contributed by atoms with E-state index in [9.17, 15) is 13.2 Å². The summed E-state index contributed by atoms with van der Waals surface area (Å²) >= 11 is 1.32. The van der Waals surface area contributed by atoms with Crippen LogP contribution in [0.1, 0.15) is 12.0 Å². The Balaban J connectivity index is 1.60. The summed E-state index contributed by atoms with van der Waals surface area (Å²) in [5.74, 6) is -0.0224. The van der Waals surface area contributed by atoms with Gasteiger partial charge in [-0.25, -0.2) is 13.4 Å². The molecule has 0 saturated heterocycles. The van der Waals surface area contributed by atoms with Crippen LogP contribution in [0.2, 0.25) is 0 Å². The van der Waals surface area contributed by atoms with Crippen molar-refractivity contribution in [2.45, 2.75) is 12.2 Å². The molecule has 0 fully saturated rings. The fraction of sp³-hybridized carbons (Fsp3) is 0.222. The van der Waals surface area contributed by atoms with Crippen molar-refractivity contribution >= 4 is 42.4 Å². The number of amides is 1. The molecule has 1 amide bonds. The topological polar surface area (TPSA) is 85.4 Å². The largest absolute Gasteiger partial charge is 0.494 e. The van der Waals surface area contributed by atoms with Gasteiger partial charge in [0, 0.05) is 6.42 Å². The van der Waals surface area contributed by atoms with Crippen LogP contribution in [0, 0.1) is 0 Å². The van der Waals surface area contributed by atoms with Gasteiger partial charge in [-0.05, 0) is 17.7 Å². The fourth-order valence-electron chi connectivity index (χ4n) is 2.47. The Morgan fingerprint density at radius 1 is 1.15 bits per heavy atom. The predicted molar refractivity (Wildman–Crippen MR) is 103 cm³/mol. The summed E-state index contributed by atoms with van der Waals surface area (Å²) in [6.45, 7) is 0. The monoisotopic (exact) mass is 390 g/mol. The van der Waals surface area contributed by atoms with Gasteiger partial charge in [-0.2, -0.15) is 0 Å². The van der Waals surface area contributed by atoms with Gasteiger partial charge >= 0.3 is 0 Å². The van der Waals surface area contributed by atoms with Crippen LogP contribution in [0.15, 0.2) is 48.5 Å². The first kappa shape index (κ1) is 18.3. The van der Waals surface area contributed by atoms with E-state index in [0.717, 1.165) is 4.70 Å². The highest BCUT2D eigenvalue weighted by Crippen LogP contribution is 2.32. The first-order chi connectivity index (χ1) is 12.5. The minimum absolute atomic E-state index is 0.0700. The average molecular weight is 390 g/mol. The zero-order valence-corrected chi connectivity index (χ0v) is 15.8. The molecule has 136 valence electrons. The van der Waals surface area contributed by atoms with Crippen LogP contribution in [-0.2, 0) is 20.4 Å². The molecule has 0 aliphatic heterocycles. The number of fused-ring (bicyclic) bond motifs is 1. The number of rotatable bonds is 7. The molecule has 8 heteroatoms. The van der Waals surface area contributed by atoms with Crippen LogP contribution >= 0.6 is 11.3 Å². The number of ether oxygens (including phenoxy) is 1. The molecule has 3 aromatic rings. The molecule has 0 radical (unpaired) electrons. The SMILES string of the molecule is COc1cccc2sc(NC(=O)CCS(=O)(=O)Cc3ccccc3)nc12. The molecule has 3 rings (SSSR count). The maximum Gasteiger partial charge on any atom is 0.227 e. The Morgan fingerprint density at radius 3 is 2.65 bits per heavy atom. The lowest BCUT2D eigenvalue weighted by Gasteiger charge is -2.04. The molecule has 0 aliphatic carbocycles. The third-order valence-electron chi connectivity index (χ3n) is 3.72. The number of sulfone groups is 1. The number of aromatic nitrogens is 1. The van der Waals surface area contributed by atoms with Gasteiger partial charge in [-0.3, -0.25) is 4.79 Å². The lowest BCUT2D eigenvalue weighted by Crippen LogP contribution is -2.18. The van der Waals surface area contributed by atoms with Gasteiger partial charge in [-0.1, -0.05) is 47.7 Å². The molecule has 0 unspecified atom stereocenters. The van der Waals surface area contributed by atoms with Crippen molar-refractivity contribution in [1.29, 1.82) is 0 Å². The summed E-state index contributed by atoms with van der Waals surface area (Å²) in [6.07, 6.45) is -0.109. The summed E-state index contributed by atoms with van der Waals surface area (Å²) in [5, 5.41) is 3.09. The predicted octanol–water partition coefficient (Wildman–Crippen LogP) is 3.25. The standard InChI is InChI=1S/C18H18N2O4S2/c1-24-14-8-5-9-15-17(14)20-18(25-15)19-16(21)10-11-26(22,23)12-13-6-3-2-4-7-13/h2-9H,10-12H2,1H3,(H,19,20,21). The number of carbonyl (C=O) groups is 1. The van der Waals surface area contributed by atoms with Crippen LogP contribution in [0.25, 0.3) is 10.2 Å². The van der Waals surface area contributed by atoms with Crippen molar-refractivity contribution in [3.05, 3.63) is 54.1 Å². The molecule has 1 aromatic heterocycles. The van der Waals surface area contributed by atoms with Crippen molar-refractivity contribution in [3.63, 3.8) is 0 Å². The number of hydrogen-bond donors (Lipinski definition) is 1. The summed E-state index contributed by atoms with van der Waals surface area (Å²) in [6, 6.07) is 14.5. The Labute approximate surface area is 155 Å². The summed E-state index contributed by atoms with van der Waals surface area (Å²) < 4.78 is 30.5. The number of nitrogens with one attached hydrogen (secondary N) is 1. The minimum Gasteiger partial charge on any atom is -0.494 e. The van der Waals surface area contributed by atoms with Crippen LogP contribution in [0.4, 0.5) is 5.13 Å². The Morgan fingerprint density at radius 2 is 1.92 bits per heavy atom. The quantitative estimate of drug-likeness (QED) is 0.669. The third kappa shape index (κ3) is 4.59. The first-order valence-corrected chi connectivity index (χ1v) is 10.6. The number of methoxy groups -OCH3 is 1. The van der Waals surface area contributed by atoms with Gasteiger partial charge in [0.25, 0.3) is 0 Å². The Kier molecular flexibility index (Phi) is 5.53. The van der Waals surface area contributed by atoms with Crippen LogP contribution in [-0.4, -0.2) is 32.2 Å². The zero-order valence-electron chi connectivity index (χ0n) is 14.1. The molecule has 6 nitrogen and oxygen atoms in total. The van der Waals surface area contributed by atoms with E-state index in [4.69, 9.17) is 4.74 Å². The molecule has 0 saturated carbocycles. The van der Waals surface area contributed by atoms with E-state index in [2.05, 4.69) is 10.3 Å². The van der Waals surface area contributed by atoms with Crippen molar-refractivity contribution in [1.82, 2.24) is 4.98 Å². The van der Waals surface area contributed by atoms with E-state index in [1.807, 2.05) is 18.2 Å². The van der Waals surface area contributed by atoms with Gasteiger partial charge in [0.15, 0.2) is 15.0 Å². The number of carbonyl (C=O) groups excluding carboxylic acids is 1. The molecule has 0 bridgehead atoms. The molecule has 2 aromatic carbocycles. The number of benzene rings is 2. The van der Waals surface area contributed by atoms with Crippen molar-refractivity contribution in [3.8, 4) is 5.75 Å². The molecule has 26 heavy (non-hydrogen) atoms. The second-order valence-corrected chi connectivity index (χ2v) is 8.92. The smallest absolute Gasteiger partial charge is 0.227 e. The van der Waals surface area contributed by atoms with E-state index in [-0.39, 0.29) is 23.8 Å². The van der Waals surface area contributed by atoms with E-state index in [0.29, 0.717) is 22.0 Å². The first-order valence-electron chi connectivity index (χ1n) is 7.94. The molecule has 0 atom stereocenters. The summed E-state index contributed by atoms with van der Waals surface area (Å²) in [7, 11) is -1.80. The summed E-state index contributed by atoms with van der Waals surface area (Å²) in [5.41, 5.74) is 1.39. The van der Waals surface area contributed by atoms with Gasteiger partial charge in [-0.15, -0.1) is 0 Å². The zero-order chi connectivity index (χ0) is 18.6. The number of para-hydroxylation sites is 1. The van der Waals surface area contributed by atoms with E-state index < -0.39 is 9.84 Å². The van der Waals surface area contributed by atoms with Gasteiger partial charge in [0.1, 0.15) is 11.3 Å². The van der Waals surface area contributed by atoms with E-state index in [1.54, 1.807) is 37.4 Å². The molecular formula is C18H18N2O4S2. The molecule has 0 aliphatic rings. The Hall–Kier alpha value is -2.45. The van der Waals surface area contributed by atoms with E-state index in [1.165, 1.54) is 11.3 Å². The maximum atomic E-state index is 12.2. The maximum absolute atomic E-state index is 12.2. The molecule has 0 spiro atoms. The number of anilines is 1. The summed E-state index contributed by atoms with van der Waals surface area (Å²) in [4.78, 5) is 16.5. The van der Waals surface area contributed by atoms with Crippen molar-refractivity contribution < 1.29 is 17.9 Å². The van der Waals surface area contributed by atoms with Crippen molar-refractivity contribution in [2.24, 2.45) is 0 Å². The van der Waals surface area contributed by atoms with E-state index >= 15 is 0 Å². The second-order valence-electron chi connectivity index (χ2n) is 5.70. The number of nitrogens with zero attached hydrogens (tertiary/aromatic N) is 1. The highest BCUT2D eigenvalue weighted by Gasteiger charge is 2.16. The van der Waals surface area contributed by atoms with Gasteiger partial charge < -0.3 is 10.1 Å². The average Bonchev–Trinajstić information content (AvgIpc) is 3.03. The highest BCUT2D eigenvalue weighted by atomic mass is 32.2. The number of hydrogen-bond acceptors (Lipinski definition) is 6. The fourth-order valence-corrected chi connectivity index (χ4v) is 4.71. The second kappa shape index (κ2) is 7.84. The molecule has 1 N–H and O–H groups in total. The van der Waals surface area contributed by atoms with Crippen molar-refractivity contribution in [2.75, 3.05) is 18.2 Å². The lowest BCUT2D eigenvalue weighted by atomic mass is 10.2. The van der Waals surface area contributed by atoms with Gasteiger partial charge in [0.2, 0.25) is 5.91 Å². The van der Waals surface area contributed by atoms with Crippen LogP contribution < -0.4 is 10.1 Å². The number of thiazole rings is 1. The third-order valence-corrected chi connectivity index (χ3v) is 6.25. The molecule has 1 heterocycles. The lowest BCUT2D eigenvalue weighted by molar-refractivity contribution is -0.115. The van der Waals surface area contributed by atoms with Gasteiger partial charge in [0.05, 0.1) is 23.3 Å². The Bertz CT molecular complexity index is 1010. The van der Waals surface area contributed by atoms with Crippen LogP contribution in [0.3, 0.4) is 0 Å². The normalized spacial score (nSPS) is 11.4. The van der Waals surface area contributed by atoms with Crippen LogP contribution in [0.5, 0.6) is 5.75 Å². The highest BCUT2D eigenvalue weighted by molar-refractivity contribution is 7.90. The molecular weight excluding hydrogens is 372 g/mol. The minimum atomic E-state index is -3.36.